The molecule has 2 aromatic heterocycles. The molecule has 1 aliphatic rings. The van der Waals surface area contributed by atoms with E-state index in [0.717, 1.165) is 29.0 Å². The largest absolute Gasteiger partial charge is 0.356 e. The highest BCUT2D eigenvalue weighted by Gasteiger charge is 2.32. The summed E-state index contributed by atoms with van der Waals surface area (Å²) in [6, 6.07) is 0.691. The van der Waals surface area contributed by atoms with Gasteiger partial charge >= 0.3 is 6.03 Å². The molecule has 1 N–H and O–H groups in total. The van der Waals surface area contributed by atoms with Crippen LogP contribution in [0.2, 0.25) is 0 Å². The number of nitrogens with zero attached hydrogens (tertiary/aromatic N) is 3. The molecule has 10 heteroatoms. The summed E-state index contributed by atoms with van der Waals surface area (Å²) in [7, 11) is 0. The molecule has 3 aromatic rings. The first-order valence-corrected chi connectivity index (χ1v) is 8.87. The Balaban J connectivity index is 1.58. The van der Waals surface area contributed by atoms with E-state index >= 15 is 0 Å². The van der Waals surface area contributed by atoms with Gasteiger partial charge in [-0.15, -0.1) is 0 Å². The van der Waals surface area contributed by atoms with Crippen molar-refractivity contribution in [1.82, 2.24) is 14.4 Å². The molecule has 1 aromatic carbocycles. The molecule has 1 aliphatic heterocycles. The number of rotatable bonds is 2. The number of fused-ring (bicyclic) bond motifs is 1. The fraction of sp³-hybridized carbons (Fsp3) is 0.235. The standard InChI is InChI=1S/C17H13F3N4O2S/c1-8-2-14-11(16(26-23-14)9-5-21-27-7-9)6-24(8)17(25)22-10-3-12(18)15(20)13(19)4-10/h3-5,7-8H,2,6H2,1H3,(H,22,25). The van der Waals surface area contributed by atoms with Crippen molar-refractivity contribution in [3.63, 3.8) is 0 Å². The van der Waals surface area contributed by atoms with Gasteiger partial charge in [0.2, 0.25) is 0 Å². The summed E-state index contributed by atoms with van der Waals surface area (Å²) in [6.45, 7) is 2.04. The van der Waals surface area contributed by atoms with Crippen molar-refractivity contribution in [3.8, 4) is 11.3 Å². The van der Waals surface area contributed by atoms with E-state index in [1.54, 1.807) is 6.20 Å². The minimum atomic E-state index is -1.58. The number of urea groups is 1. The number of hydrogen-bond acceptors (Lipinski definition) is 5. The number of hydrogen-bond donors (Lipinski definition) is 1. The lowest BCUT2D eigenvalue weighted by atomic mass is 9.99. The molecule has 6 nitrogen and oxygen atoms in total. The van der Waals surface area contributed by atoms with Gasteiger partial charge in [0.05, 0.1) is 24.0 Å². The molecule has 3 heterocycles. The zero-order valence-corrected chi connectivity index (χ0v) is 14.8. The maximum Gasteiger partial charge on any atom is 0.322 e. The lowest BCUT2D eigenvalue weighted by molar-refractivity contribution is 0.182. The predicted molar refractivity (Wildman–Crippen MR) is 91.7 cm³/mol. The van der Waals surface area contributed by atoms with E-state index in [1.807, 2.05) is 12.3 Å². The number of carbonyl (C=O) groups excluding carboxylic acids is 1. The Morgan fingerprint density at radius 3 is 2.74 bits per heavy atom. The second-order valence-electron chi connectivity index (χ2n) is 6.22. The van der Waals surface area contributed by atoms with Crippen LogP contribution in [0.3, 0.4) is 0 Å². The number of carbonyl (C=O) groups is 1. The third kappa shape index (κ3) is 3.16. The summed E-state index contributed by atoms with van der Waals surface area (Å²) in [4.78, 5) is 14.1. The zero-order chi connectivity index (χ0) is 19.1. The summed E-state index contributed by atoms with van der Waals surface area (Å²) in [5.74, 6) is -3.78. The van der Waals surface area contributed by atoms with Crippen molar-refractivity contribution in [2.24, 2.45) is 0 Å². The summed E-state index contributed by atoms with van der Waals surface area (Å²) in [5, 5.41) is 8.30. The Morgan fingerprint density at radius 2 is 2.07 bits per heavy atom. The number of nitrogens with one attached hydrogen (secondary N) is 1. The second kappa shape index (κ2) is 6.69. The van der Waals surface area contributed by atoms with E-state index in [0.29, 0.717) is 12.2 Å². The van der Waals surface area contributed by atoms with Gasteiger partial charge in [0.1, 0.15) is 0 Å². The minimum Gasteiger partial charge on any atom is -0.356 e. The molecule has 140 valence electrons. The highest BCUT2D eigenvalue weighted by atomic mass is 32.1. The van der Waals surface area contributed by atoms with Gasteiger partial charge in [0.15, 0.2) is 23.2 Å². The average Bonchev–Trinajstić information content (AvgIpc) is 3.27. The molecule has 0 bridgehead atoms. The molecule has 0 saturated carbocycles. The fourth-order valence-corrected chi connectivity index (χ4v) is 3.54. The van der Waals surface area contributed by atoms with Crippen molar-refractivity contribution < 1.29 is 22.5 Å². The Bertz CT molecular complexity index is 983. The van der Waals surface area contributed by atoms with Crippen LogP contribution in [0.5, 0.6) is 0 Å². The van der Waals surface area contributed by atoms with E-state index in [2.05, 4.69) is 14.8 Å². The number of benzene rings is 1. The molecular formula is C17H13F3N4O2S. The molecule has 4 rings (SSSR count). The summed E-state index contributed by atoms with van der Waals surface area (Å²) in [5.41, 5.74) is 2.12. The SMILES string of the molecule is CC1Cc2noc(-c3cnsc3)c2CN1C(=O)Nc1cc(F)c(F)c(F)c1. The zero-order valence-electron chi connectivity index (χ0n) is 14.0. The van der Waals surface area contributed by atoms with Crippen LogP contribution in [0.15, 0.2) is 28.2 Å². The lowest BCUT2D eigenvalue weighted by Gasteiger charge is -2.32. The Hall–Kier alpha value is -2.88. The number of aromatic nitrogens is 2. The monoisotopic (exact) mass is 394 g/mol. The fourth-order valence-electron chi connectivity index (χ4n) is 3.02. The Labute approximate surface area is 155 Å². The smallest absolute Gasteiger partial charge is 0.322 e. The van der Waals surface area contributed by atoms with Crippen LogP contribution in [0.4, 0.5) is 23.7 Å². The number of anilines is 1. The molecule has 1 unspecified atom stereocenters. The second-order valence-corrected chi connectivity index (χ2v) is 6.87. The summed E-state index contributed by atoms with van der Waals surface area (Å²) in [6.07, 6.45) is 2.12. The van der Waals surface area contributed by atoms with E-state index in [-0.39, 0.29) is 18.3 Å². The summed E-state index contributed by atoms with van der Waals surface area (Å²) < 4.78 is 49.3. The average molecular weight is 394 g/mol. The lowest BCUT2D eigenvalue weighted by Crippen LogP contribution is -2.44. The summed E-state index contributed by atoms with van der Waals surface area (Å²) >= 11 is 1.27. The first kappa shape index (κ1) is 17.5. The third-order valence-electron chi connectivity index (χ3n) is 4.41. The molecular weight excluding hydrogens is 381 g/mol. The van der Waals surface area contributed by atoms with Crippen LogP contribution in [0, 0.1) is 17.5 Å². The Morgan fingerprint density at radius 1 is 1.33 bits per heavy atom. The van der Waals surface area contributed by atoms with Crippen molar-refractivity contribution in [3.05, 3.63) is 52.4 Å². The van der Waals surface area contributed by atoms with Crippen molar-refractivity contribution in [2.75, 3.05) is 5.32 Å². The molecule has 0 aliphatic carbocycles. The van der Waals surface area contributed by atoms with E-state index in [9.17, 15) is 18.0 Å². The quantitative estimate of drug-likeness (QED) is 0.662. The molecule has 0 fully saturated rings. The van der Waals surface area contributed by atoms with Gasteiger partial charge < -0.3 is 14.7 Å². The van der Waals surface area contributed by atoms with Gasteiger partial charge in [0, 0.05) is 41.2 Å². The van der Waals surface area contributed by atoms with Crippen molar-refractivity contribution in [1.29, 1.82) is 0 Å². The highest BCUT2D eigenvalue weighted by molar-refractivity contribution is 7.03. The van der Waals surface area contributed by atoms with E-state index in [4.69, 9.17) is 4.52 Å². The van der Waals surface area contributed by atoms with Gasteiger partial charge in [-0.3, -0.25) is 0 Å². The van der Waals surface area contributed by atoms with Gasteiger partial charge in [0.25, 0.3) is 0 Å². The van der Waals surface area contributed by atoms with Crippen molar-refractivity contribution in [2.45, 2.75) is 25.9 Å². The maximum absolute atomic E-state index is 13.4. The van der Waals surface area contributed by atoms with Crippen LogP contribution in [0.25, 0.3) is 11.3 Å². The van der Waals surface area contributed by atoms with Crippen LogP contribution < -0.4 is 5.32 Å². The van der Waals surface area contributed by atoms with Gasteiger partial charge in [-0.05, 0) is 18.5 Å². The maximum atomic E-state index is 13.4. The van der Waals surface area contributed by atoms with Gasteiger partial charge in [-0.2, -0.15) is 0 Å². The van der Waals surface area contributed by atoms with Crippen LogP contribution in [0.1, 0.15) is 18.2 Å². The first-order chi connectivity index (χ1) is 12.9. The molecule has 0 radical (unpaired) electrons. The molecule has 27 heavy (non-hydrogen) atoms. The van der Waals surface area contributed by atoms with Crippen LogP contribution >= 0.6 is 11.5 Å². The number of amides is 2. The van der Waals surface area contributed by atoms with Crippen LogP contribution in [-0.4, -0.2) is 26.5 Å². The van der Waals surface area contributed by atoms with E-state index in [1.165, 1.54) is 16.4 Å². The van der Waals surface area contributed by atoms with E-state index < -0.39 is 23.5 Å². The molecule has 0 spiro atoms. The molecule has 2 amide bonds. The normalized spacial score (nSPS) is 16.3. The topological polar surface area (TPSA) is 71.3 Å². The third-order valence-corrected chi connectivity index (χ3v) is 5.00. The van der Waals surface area contributed by atoms with Crippen molar-refractivity contribution >= 4 is 23.3 Å². The molecule has 0 saturated heterocycles. The number of halogens is 3. The first-order valence-electron chi connectivity index (χ1n) is 8.03. The van der Waals surface area contributed by atoms with Crippen LogP contribution in [-0.2, 0) is 13.0 Å². The van der Waals surface area contributed by atoms with Gasteiger partial charge in [-0.1, -0.05) is 5.16 Å². The molecule has 1 atom stereocenters. The predicted octanol–water partition coefficient (Wildman–Crippen LogP) is 4.19. The minimum absolute atomic E-state index is 0.165. The Kier molecular flexibility index (Phi) is 4.34. The highest BCUT2D eigenvalue weighted by Crippen LogP contribution is 2.33. The van der Waals surface area contributed by atoms with Gasteiger partial charge in [-0.25, -0.2) is 22.3 Å².